The van der Waals surface area contributed by atoms with E-state index in [4.69, 9.17) is 0 Å². The normalized spacial score (nSPS) is 23.1. The zero-order valence-corrected chi connectivity index (χ0v) is 10.1. The number of benzene rings is 1. The quantitative estimate of drug-likeness (QED) is 0.808. The van der Waals surface area contributed by atoms with Gasteiger partial charge in [0.25, 0.3) is 0 Å². The topological polar surface area (TPSA) is 32.6 Å². The number of aliphatic hydroxyl groups is 1. The van der Waals surface area contributed by atoms with Gasteiger partial charge in [-0.3, -0.25) is 4.99 Å². The van der Waals surface area contributed by atoms with Crippen molar-refractivity contribution in [3.63, 3.8) is 0 Å². The SMILES string of the molecule is O[C@@H]1Cc2ccccc2[C@@H]1N=Cc1cccs1. The minimum absolute atomic E-state index is 0.103. The molecule has 0 radical (unpaired) electrons. The van der Waals surface area contributed by atoms with Crippen LogP contribution in [0.4, 0.5) is 0 Å². The highest BCUT2D eigenvalue weighted by molar-refractivity contribution is 7.11. The number of nitrogens with zero attached hydrogens (tertiary/aromatic N) is 1. The van der Waals surface area contributed by atoms with Crippen LogP contribution < -0.4 is 0 Å². The van der Waals surface area contributed by atoms with Crippen molar-refractivity contribution in [2.75, 3.05) is 0 Å². The van der Waals surface area contributed by atoms with E-state index in [1.54, 1.807) is 11.3 Å². The average Bonchev–Trinajstić information content (AvgIpc) is 2.93. The highest BCUT2D eigenvalue weighted by atomic mass is 32.1. The molecule has 0 unspecified atom stereocenters. The van der Waals surface area contributed by atoms with Gasteiger partial charge in [-0.15, -0.1) is 11.3 Å². The Morgan fingerprint density at radius 2 is 2.12 bits per heavy atom. The third kappa shape index (κ3) is 2.04. The molecular weight excluding hydrogens is 230 g/mol. The van der Waals surface area contributed by atoms with Gasteiger partial charge in [0.2, 0.25) is 0 Å². The van der Waals surface area contributed by atoms with Gasteiger partial charge in [0, 0.05) is 17.5 Å². The van der Waals surface area contributed by atoms with E-state index in [9.17, 15) is 5.11 Å². The molecule has 0 bridgehead atoms. The fraction of sp³-hybridized carbons (Fsp3) is 0.214. The van der Waals surface area contributed by atoms with Crippen LogP contribution in [0.5, 0.6) is 0 Å². The third-order valence-electron chi connectivity index (χ3n) is 3.07. The predicted molar refractivity (Wildman–Crippen MR) is 70.8 cm³/mol. The lowest BCUT2D eigenvalue weighted by molar-refractivity contribution is 0.159. The molecule has 2 atom stereocenters. The molecule has 0 fully saturated rings. The number of hydrogen-bond donors (Lipinski definition) is 1. The van der Waals surface area contributed by atoms with Gasteiger partial charge in [0.15, 0.2) is 0 Å². The van der Waals surface area contributed by atoms with E-state index in [1.165, 1.54) is 5.56 Å². The van der Waals surface area contributed by atoms with E-state index < -0.39 is 0 Å². The summed E-state index contributed by atoms with van der Waals surface area (Å²) in [7, 11) is 0. The van der Waals surface area contributed by atoms with E-state index in [1.807, 2.05) is 35.9 Å². The number of rotatable bonds is 2. The Morgan fingerprint density at radius 3 is 2.94 bits per heavy atom. The highest BCUT2D eigenvalue weighted by Crippen LogP contribution is 2.34. The fourth-order valence-electron chi connectivity index (χ4n) is 2.25. The molecule has 0 saturated heterocycles. The maximum Gasteiger partial charge on any atom is 0.101 e. The number of fused-ring (bicyclic) bond motifs is 1. The summed E-state index contributed by atoms with van der Waals surface area (Å²) < 4.78 is 0. The summed E-state index contributed by atoms with van der Waals surface area (Å²) in [4.78, 5) is 5.65. The molecule has 0 aliphatic heterocycles. The van der Waals surface area contributed by atoms with Gasteiger partial charge in [-0.2, -0.15) is 0 Å². The van der Waals surface area contributed by atoms with E-state index >= 15 is 0 Å². The van der Waals surface area contributed by atoms with Crippen molar-refractivity contribution in [2.45, 2.75) is 18.6 Å². The molecule has 2 nitrogen and oxygen atoms in total. The maximum atomic E-state index is 10.0. The summed E-state index contributed by atoms with van der Waals surface area (Å²) in [6, 6.07) is 12.1. The minimum atomic E-state index is -0.386. The van der Waals surface area contributed by atoms with Crippen LogP contribution in [0.15, 0.2) is 46.8 Å². The molecule has 0 saturated carbocycles. The Morgan fingerprint density at radius 1 is 1.24 bits per heavy atom. The Labute approximate surface area is 104 Å². The van der Waals surface area contributed by atoms with Gasteiger partial charge < -0.3 is 5.11 Å². The van der Waals surface area contributed by atoms with Crippen LogP contribution in [0.2, 0.25) is 0 Å². The van der Waals surface area contributed by atoms with E-state index in [0.29, 0.717) is 6.42 Å². The monoisotopic (exact) mass is 243 g/mol. The molecule has 1 aliphatic carbocycles. The van der Waals surface area contributed by atoms with Crippen molar-refractivity contribution in [2.24, 2.45) is 4.99 Å². The standard InChI is InChI=1S/C14H13NOS/c16-13-8-10-4-1-2-6-12(10)14(13)15-9-11-5-3-7-17-11/h1-7,9,13-14,16H,8H2/t13-,14+/m1/s1. The zero-order valence-electron chi connectivity index (χ0n) is 9.28. The van der Waals surface area contributed by atoms with Crippen molar-refractivity contribution < 1.29 is 5.11 Å². The summed E-state index contributed by atoms with van der Waals surface area (Å²) >= 11 is 1.66. The number of hydrogen-bond acceptors (Lipinski definition) is 3. The lowest BCUT2D eigenvalue weighted by atomic mass is 10.1. The second-order valence-corrected chi connectivity index (χ2v) is 5.19. The minimum Gasteiger partial charge on any atom is -0.390 e. The second-order valence-electron chi connectivity index (χ2n) is 4.21. The molecule has 1 aromatic carbocycles. The largest absolute Gasteiger partial charge is 0.390 e. The molecular formula is C14H13NOS. The Bertz CT molecular complexity index is 533. The number of thiophene rings is 1. The van der Waals surface area contributed by atoms with E-state index in [0.717, 1.165) is 10.4 Å². The van der Waals surface area contributed by atoms with E-state index in [2.05, 4.69) is 17.1 Å². The molecule has 1 aromatic heterocycles. The Hall–Kier alpha value is -1.45. The van der Waals surface area contributed by atoms with Crippen molar-refractivity contribution in [1.82, 2.24) is 0 Å². The fourth-order valence-corrected chi connectivity index (χ4v) is 2.84. The third-order valence-corrected chi connectivity index (χ3v) is 3.88. The summed E-state index contributed by atoms with van der Waals surface area (Å²) in [6.45, 7) is 0. The first-order valence-electron chi connectivity index (χ1n) is 5.67. The lowest BCUT2D eigenvalue weighted by Crippen LogP contribution is -2.11. The summed E-state index contributed by atoms with van der Waals surface area (Å²) in [6.07, 6.45) is 2.19. The lowest BCUT2D eigenvalue weighted by Gasteiger charge is -2.09. The highest BCUT2D eigenvalue weighted by Gasteiger charge is 2.29. The zero-order chi connectivity index (χ0) is 11.7. The van der Waals surface area contributed by atoms with Gasteiger partial charge in [-0.1, -0.05) is 30.3 Å². The summed E-state index contributed by atoms with van der Waals surface area (Å²) in [5.74, 6) is 0. The van der Waals surface area contributed by atoms with Crippen molar-refractivity contribution >= 4 is 17.6 Å². The van der Waals surface area contributed by atoms with Gasteiger partial charge in [-0.05, 0) is 22.6 Å². The van der Waals surface area contributed by atoms with Crippen molar-refractivity contribution in [3.05, 3.63) is 57.8 Å². The van der Waals surface area contributed by atoms with Crippen LogP contribution in [0.1, 0.15) is 22.0 Å². The van der Waals surface area contributed by atoms with Gasteiger partial charge in [0.1, 0.15) is 6.04 Å². The first-order chi connectivity index (χ1) is 8.34. The molecule has 17 heavy (non-hydrogen) atoms. The Kier molecular flexibility index (Phi) is 2.79. The number of aliphatic imine (C=N–C) groups is 1. The molecule has 2 aromatic rings. The van der Waals surface area contributed by atoms with Crippen LogP contribution >= 0.6 is 11.3 Å². The van der Waals surface area contributed by atoms with Crippen LogP contribution in [0, 0.1) is 0 Å². The summed E-state index contributed by atoms with van der Waals surface area (Å²) in [5.41, 5.74) is 2.38. The second kappa shape index (κ2) is 4.43. The average molecular weight is 243 g/mol. The number of aliphatic hydroxyl groups excluding tert-OH is 1. The van der Waals surface area contributed by atoms with Crippen LogP contribution in [-0.4, -0.2) is 17.4 Å². The molecule has 1 aliphatic rings. The van der Waals surface area contributed by atoms with E-state index in [-0.39, 0.29) is 12.1 Å². The first-order valence-corrected chi connectivity index (χ1v) is 6.55. The maximum absolute atomic E-state index is 10.0. The molecule has 0 spiro atoms. The van der Waals surface area contributed by atoms with Crippen LogP contribution in [-0.2, 0) is 6.42 Å². The van der Waals surface area contributed by atoms with Gasteiger partial charge in [0.05, 0.1) is 6.10 Å². The van der Waals surface area contributed by atoms with Gasteiger partial charge in [-0.25, -0.2) is 0 Å². The molecule has 1 N–H and O–H groups in total. The molecule has 3 heteroatoms. The molecule has 3 rings (SSSR count). The van der Waals surface area contributed by atoms with Crippen LogP contribution in [0.25, 0.3) is 0 Å². The summed E-state index contributed by atoms with van der Waals surface area (Å²) in [5, 5.41) is 12.1. The predicted octanol–water partition coefficient (Wildman–Crippen LogP) is 2.83. The molecule has 1 heterocycles. The van der Waals surface area contributed by atoms with Crippen molar-refractivity contribution in [3.8, 4) is 0 Å². The van der Waals surface area contributed by atoms with Crippen LogP contribution in [0.3, 0.4) is 0 Å². The molecule has 86 valence electrons. The van der Waals surface area contributed by atoms with Gasteiger partial charge >= 0.3 is 0 Å². The smallest absolute Gasteiger partial charge is 0.101 e. The molecule has 0 amide bonds. The Balaban J connectivity index is 1.89. The first kappa shape index (κ1) is 10.7. The van der Waals surface area contributed by atoms with Crippen molar-refractivity contribution in [1.29, 1.82) is 0 Å².